The number of carbonyl (C=O) groups is 2. The lowest BCUT2D eigenvalue weighted by Gasteiger charge is -2.30. The van der Waals surface area contributed by atoms with Crippen LogP contribution in [0.25, 0.3) is 0 Å². The number of aryl methyl sites for hydroxylation is 1. The Kier molecular flexibility index (Phi) is 9.74. The summed E-state index contributed by atoms with van der Waals surface area (Å²) in [4.78, 5) is 28.7. The van der Waals surface area contributed by atoms with Gasteiger partial charge in [0.15, 0.2) is 0 Å². The van der Waals surface area contributed by atoms with Crippen molar-refractivity contribution in [1.82, 2.24) is 10.2 Å². The van der Waals surface area contributed by atoms with Crippen LogP contribution in [0, 0.1) is 6.92 Å². The molecule has 0 aliphatic heterocycles. The number of rotatable bonds is 11. The Bertz CT molecular complexity index is 823. The van der Waals surface area contributed by atoms with E-state index in [4.69, 9.17) is 4.74 Å². The first-order valence-electron chi connectivity index (χ1n) is 10.4. The van der Waals surface area contributed by atoms with E-state index in [2.05, 4.69) is 5.32 Å². The fraction of sp³-hybridized carbons (Fsp3) is 0.417. The molecule has 0 saturated heterocycles. The van der Waals surface area contributed by atoms with Gasteiger partial charge in [0, 0.05) is 18.0 Å². The van der Waals surface area contributed by atoms with Crippen LogP contribution in [0.15, 0.2) is 53.4 Å². The zero-order valence-electron chi connectivity index (χ0n) is 18.3. The van der Waals surface area contributed by atoms with Crippen molar-refractivity contribution in [2.24, 2.45) is 0 Å². The lowest BCUT2D eigenvalue weighted by atomic mass is 10.1. The summed E-state index contributed by atoms with van der Waals surface area (Å²) < 4.78 is 5.31. The quantitative estimate of drug-likeness (QED) is 0.538. The van der Waals surface area contributed by atoms with Crippen molar-refractivity contribution in [2.45, 2.75) is 51.1 Å². The highest BCUT2D eigenvalue weighted by molar-refractivity contribution is 8.00. The Morgan fingerprint density at radius 2 is 1.87 bits per heavy atom. The maximum Gasteiger partial charge on any atom is 0.242 e. The summed E-state index contributed by atoms with van der Waals surface area (Å²) in [5, 5.41) is 2.94. The van der Waals surface area contributed by atoms with Crippen molar-refractivity contribution in [3.05, 3.63) is 59.7 Å². The van der Waals surface area contributed by atoms with Crippen molar-refractivity contribution < 1.29 is 14.3 Å². The van der Waals surface area contributed by atoms with Crippen LogP contribution < -0.4 is 10.1 Å². The van der Waals surface area contributed by atoms with E-state index >= 15 is 0 Å². The number of amides is 2. The summed E-state index contributed by atoms with van der Waals surface area (Å²) in [5.41, 5.74) is 2.12. The summed E-state index contributed by atoms with van der Waals surface area (Å²) in [6.45, 7) is 6.96. The molecule has 2 amide bonds. The van der Waals surface area contributed by atoms with E-state index < -0.39 is 6.04 Å². The second kappa shape index (κ2) is 12.3. The maximum atomic E-state index is 13.2. The van der Waals surface area contributed by atoms with E-state index in [-0.39, 0.29) is 17.6 Å². The van der Waals surface area contributed by atoms with Gasteiger partial charge in [0.2, 0.25) is 11.8 Å². The van der Waals surface area contributed by atoms with Crippen LogP contribution in [0.4, 0.5) is 0 Å². The SMILES string of the molecule is CCCNC(=O)[C@@H](CC)N(Cc1cccc(OC)c1)C(=O)CSc1ccc(C)cc1. The van der Waals surface area contributed by atoms with Gasteiger partial charge in [-0.05, 0) is 49.6 Å². The van der Waals surface area contributed by atoms with E-state index in [1.807, 2.05) is 69.3 Å². The third-order valence-corrected chi connectivity index (χ3v) is 5.80. The second-order valence-corrected chi connectivity index (χ2v) is 8.24. The molecule has 1 N–H and O–H groups in total. The van der Waals surface area contributed by atoms with E-state index in [1.54, 1.807) is 12.0 Å². The molecule has 0 aromatic heterocycles. The van der Waals surface area contributed by atoms with Gasteiger partial charge in [-0.25, -0.2) is 0 Å². The third-order valence-electron chi connectivity index (χ3n) is 4.81. The molecule has 0 heterocycles. The number of carbonyl (C=O) groups excluding carboxylic acids is 2. The predicted molar refractivity (Wildman–Crippen MR) is 123 cm³/mol. The van der Waals surface area contributed by atoms with Gasteiger partial charge < -0.3 is 15.0 Å². The van der Waals surface area contributed by atoms with Gasteiger partial charge in [-0.2, -0.15) is 0 Å². The molecule has 30 heavy (non-hydrogen) atoms. The smallest absolute Gasteiger partial charge is 0.242 e. The second-order valence-electron chi connectivity index (χ2n) is 7.19. The highest BCUT2D eigenvalue weighted by Crippen LogP contribution is 2.22. The number of thioether (sulfide) groups is 1. The average molecular weight is 429 g/mol. The van der Waals surface area contributed by atoms with Crippen molar-refractivity contribution in [3.8, 4) is 5.75 Å². The normalized spacial score (nSPS) is 11.6. The highest BCUT2D eigenvalue weighted by Gasteiger charge is 2.28. The fourth-order valence-electron chi connectivity index (χ4n) is 3.12. The summed E-state index contributed by atoms with van der Waals surface area (Å²) in [5.74, 6) is 0.861. The van der Waals surface area contributed by atoms with Crippen molar-refractivity contribution in [1.29, 1.82) is 0 Å². The van der Waals surface area contributed by atoms with Crippen molar-refractivity contribution in [2.75, 3.05) is 19.4 Å². The largest absolute Gasteiger partial charge is 0.497 e. The summed E-state index contributed by atoms with van der Waals surface area (Å²) in [6.07, 6.45) is 1.41. The molecule has 0 radical (unpaired) electrons. The number of methoxy groups -OCH3 is 1. The van der Waals surface area contributed by atoms with Gasteiger partial charge in [-0.3, -0.25) is 9.59 Å². The van der Waals surface area contributed by atoms with Crippen LogP contribution in [-0.4, -0.2) is 42.2 Å². The summed E-state index contributed by atoms with van der Waals surface area (Å²) >= 11 is 1.49. The van der Waals surface area contributed by atoms with Crippen LogP contribution in [0.5, 0.6) is 5.75 Å². The molecule has 2 aromatic carbocycles. The first-order chi connectivity index (χ1) is 14.5. The van der Waals surface area contributed by atoms with Crippen LogP contribution in [-0.2, 0) is 16.1 Å². The summed E-state index contributed by atoms with van der Waals surface area (Å²) in [6, 6.07) is 15.2. The van der Waals surface area contributed by atoms with Gasteiger partial charge in [-0.15, -0.1) is 11.8 Å². The van der Waals surface area contributed by atoms with Crippen molar-refractivity contribution >= 4 is 23.6 Å². The van der Waals surface area contributed by atoms with Crippen LogP contribution >= 0.6 is 11.8 Å². The number of hydrogen-bond donors (Lipinski definition) is 1. The monoisotopic (exact) mass is 428 g/mol. The average Bonchev–Trinajstić information content (AvgIpc) is 2.77. The predicted octanol–water partition coefficient (Wildman–Crippen LogP) is 4.43. The third kappa shape index (κ3) is 7.10. The molecular formula is C24H32N2O3S. The molecule has 0 spiro atoms. The van der Waals surface area contributed by atoms with Gasteiger partial charge >= 0.3 is 0 Å². The molecule has 2 aromatic rings. The van der Waals surface area contributed by atoms with Gasteiger partial charge in [-0.1, -0.05) is 43.7 Å². The standard InChI is InChI=1S/C24H32N2O3S/c1-5-14-25-24(28)22(6-2)26(16-19-8-7-9-20(15-19)29-4)23(27)17-30-21-12-10-18(3)11-13-21/h7-13,15,22H,5-6,14,16-17H2,1-4H3,(H,25,28)/t22-/m1/s1. The van der Waals surface area contributed by atoms with Crippen molar-refractivity contribution in [3.63, 3.8) is 0 Å². The number of hydrogen-bond acceptors (Lipinski definition) is 4. The van der Waals surface area contributed by atoms with Gasteiger partial charge in [0.05, 0.1) is 12.9 Å². The molecule has 2 rings (SSSR count). The molecular weight excluding hydrogens is 396 g/mol. The fourth-order valence-corrected chi connectivity index (χ4v) is 3.90. The van der Waals surface area contributed by atoms with Gasteiger partial charge in [0.25, 0.3) is 0 Å². The Hall–Kier alpha value is -2.47. The number of nitrogens with zero attached hydrogens (tertiary/aromatic N) is 1. The first-order valence-corrected chi connectivity index (χ1v) is 11.4. The Morgan fingerprint density at radius 1 is 1.13 bits per heavy atom. The molecule has 0 fully saturated rings. The number of ether oxygens (including phenoxy) is 1. The van der Waals surface area contributed by atoms with E-state index in [1.165, 1.54) is 17.3 Å². The lowest BCUT2D eigenvalue weighted by molar-refractivity contribution is -0.139. The first kappa shape index (κ1) is 23.8. The molecule has 0 aliphatic carbocycles. The Labute approximate surface area is 184 Å². The molecule has 6 heteroatoms. The number of benzene rings is 2. The molecule has 0 bridgehead atoms. The minimum Gasteiger partial charge on any atom is -0.497 e. The summed E-state index contributed by atoms with van der Waals surface area (Å²) in [7, 11) is 1.62. The molecule has 0 aliphatic rings. The maximum absolute atomic E-state index is 13.2. The van der Waals surface area contributed by atoms with Crippen LogP contribution in [0.1, 0.15) is 37.8 Å². The Morgan fingerprint density at radius 3 is 2.50 bits per heavy atom. The van der Waals surface area contributed by atoms with E-state index in [9.17, 15) is 9.59 Å². The molecule has 162 valence electrons. The Balaban J connectivity index is 2.20. The number of nitrogens with one attached hydrogen (secondary N) is 1. The highest BCUT2D eigenvalue weighted by atomic mass is 32.2. The van der Waals surface area contributed by atoms with E-state index in [0.29, 0.717) is 19.5 Å². The van der Waals surface area contributed by atoms with Crippen LogP contribution in [0.2, 0.25) is 0 Å². The van der Waals surface area contributed by atoms with Gasteiger partial charge in [0.1, 0.15) is 11.8 Å². The molecule has 5 nitrogen and oxygen atoms in total. The van der Waals surface area contributed by atoms with Crippen LogP contribution in [0.3, 0.4) is 0 Å². The zero-order valence-corrected chi connectivity index (χ0v) is 19.1. The van der Waals surface area contributed by atoms with E-state index in [0.717, 1.165) is 22.6 Å². The molecule has 1 atom stereocenters. The lowest BCUT2D eigenvalue weighted by Crippen LogP contribution is -2.49. The molecule has 0 unspecified atom stereocenters. The minimum absolute atomic E-state index is 0.0538. The minimum atomic E-state index is -0.506. The molecule has 0 saturated carbocycles. The zero-order chi connectivity index (χ0) is 21.9. The topological polar surface area (TPSA) is 58.6 Å².